The van der Waals surface area contributed by atoms with E-state index in [9.17, 15) is 8.42 Å². The summed E-state index contributed by atoms with van der Waals surface area (Å²) in [7, 11) is -2.99. The number of aromatic nitrogens is 4. The molecule has 7 nitrogen and oxygen atoms in total. The highest BCUT2D eigenvalue weighted by atomic mass is 35.5. The van der Waals surface area contributed by atoms with Gasteiger partial charge >= 0.3 is 0 Å². The maximum absolute atomic E-state index is 11.8. The number of benzene rings is 1. The SMILES string of the molecule is C=CCn1c(SCc2coc(-c3cccc(Cl)c3)n2)nnc1[C@@H]1CCS(=O)(=O)C1. The predicted octanol–water partition coefficient (Wildman–Crippen LogP) is 3.97. The molecule has 1 fully saturated rings. The van der Waals surface area contributed by atoms with Gasteiger partial charge < -0.3 is 8.98 Å². The van der Waals surface area contributed by atoms with Gasteiger partial charge in [0.1, 0.15) is 12.1 Å². The Morgan fingerprint density at radius 1 is 1.38 bits per heavy atom. The standard InChI is InChI=1S/C19H19ClN4O3S2/c1-2-7-24-17(14-6-8-29(25,26)12-14)22-23-19(24)28-11-16-10-27-18(21-16)13-4-3-5-15(20)9-13/h2-5,9-10,14H,1,6-8,11-12H2/t14-/m1/s1. The predicted molar refractivity (Wildman–Crippen MR) is 113 cm³/mol. The van der Waals surface area contributed by atoms with E-state index in [-0.39, 0.29) is 17.4 Å². The molecule has 1 saturated heterocycles. The third kappa shape index (κ3) is 4.57. The second-order valence-corrected chi connectivity index (χ2v) is 10.4. The lowest BCUT2D eigenvalue weighted by Gasteiger charge is -2.10. The van der Waals surface area contributed by atoms with Crippen LogP contribution >= 0.6 is 23.4 Å². The molecule has 3 aromatic rings. The number of halogens is 1. The normalized spacial score (nSPS) is 18.2. The van der Waals surface area contributed by atoms with Gasteiger partial charge in [0.15, 0.2) is 15.0 Å². The molecule has 1 aliphatic heterocycles. The lowest BCUT2D eigenvalue weighted by Crippen LogP contribution is -2.11. The van der Waals surface area contributed by atoms with Crippen LogP contribution in [0.15, 0.2) is 52.8 Å². The topological polar surface area (TPSA) is 90.9 Å². The molecule has 152 valence electrons. The largest absolute Gasteiger partial charge is 0.444 e. The highest BCUT2D eigenvalue weighted by molar-refractivity contribution is 7.98. The molecule has 1 aliphatic rings. The molecule has 0 amide bonds. The van der Waals surface area contributed by atoms with E-state index in [1.54, 1.807) is 24.5 Å². The van der Waals surface area contributed by atoms with Crippen LogP contribution in [0.3, 0.4) is 0 Å². The van der Waals surface area contributed by atoms with Gasteiger partial charge in [-0.25, -0.2) is 13.4 Å². The number of sulfone groups is 1. The quantitative estimate of drug-likeness (QED) is 0.397. The Hall–Kier alpha value is -2.10. The molecule has 0 saturated carbocycles. The second-order valence-electron chi connectivity index (χ2n) is 6.78. The van der Waals surface area contributed by atoms with Crippen molar-refractivity contribution in [2.45, 2.75) is 29.8 Å². The third-order valence-corrected chi connectivity index (χ3v) is 7.63. The van der Waals surface area contributed by atoms with Crippen LogP contribution in [0.2, 0.25) is 5.02 Å². The fraction of sp³-hybridized carbons (Fsp3) is 0.316. The monoisotopic (exact) mass is 450 g/mol. The number of allylic oxidation sites excluding steroid dienone is 1. The Labute approximate surface area is 178 Å². The fourth-order valence-corrected chi connectivity index (χ4v) is 6.04. The van der Waals surface area contributed by atoms with E-state index < -0.39 is 9.84 Å². The summed E-state index contributed by atoms with van der Waals surface area (Å²) < 4.78 is 31.2. The number of thioether (sulfide) groups is 1. The fourth-order valence-electron chi connectivity index (χ4n) is 3.27. The first-order chi connectivity index (χ1) is 13.9. The van der Waals surface area contributed by atoms with Gasteiger partial charge in [0.05, 0.1) is 17.2 Å². The van der Waals surface area contributed by atoms with E-state index in [0.29, 0.717) is 40.6 Å². The molecule has 1 aromatic carbocycles. The summed E-state index contributed by atoms with van der Waals surface area (Å²) in [5.74, 6) is 1.96. The van der Waals surface area contributed by atoms with E-state index in [1.165, 1.54) is 11.8 Å². The second kappa shape index (κ2) is 8.33. The Morgan fingerprint density at radius 2 is 2.24 bits per heavy atom. The van der Waals surface area contributed by atoms with Gasteiger partial charge in [-0.15, -0.1) is 16.8 Å². The van der Waals surface area contributed by atoms with Crippen molar-refractivity contribution < 1.29 is 12.8 Å². The van der Waals surface area contributed by atoms with Gasteiger partial charge in [-0.1, -0.05) is 35.5 Å². The van der Waals surface area contributed by atoms with Crippen molar-refractivity contribution in [2.75, 3.05) is 11.5 Å². The van der Waals surface area contributed by atoms with Crippen molar-refractivity contribution in [1.82, 2.24) is 19.7 Å². The molecule has 2 aromatic heterocycles. The Morgan fingerprint density at radius 3 is 2.97 bits per heavy atom. The molecular weight excluding hydrogens is 432 g/mol. The van der Waals surface area contributed by atoms with Crippen LogP contribution < -0.4 is 0 Å². The zero-order valence-corrected chi connectivity index (χ0v) is 17.9. The molecule has 3 heterocycles. The Bertz CT molecular complexity index is 1140. The highest BCUT2D eigenvalue weighted by Crippen LogP contribution is 2.31. The van der Waals surface area contributed by atoms with Crippen LogP contribution in [0, 0.1) is 0 Å². The van der Waals surface area contributed by atoms with E-state index in [0.717, 1.165) is 11.3 Å². The first-order valence-electron chi connectivity index (χ1n) is 9.03. The van der Waals surface area contributed by atoms with Crippen LogP contribution in [-0.2, 0) is 22.1 Å². The van der Waals surface area contributed by atoms with Crippen LogP contribution in [0.25, 0.3) is 11.5 Å². The summed E-state index contributed by atoms with van der Waals surface area (Å²) in [6, 6.07) is 7.33. The molecule has 10 heteroatoms. The molecule has 1 atom stereocenters. The first-order valence-corrected chi connectivity index (χ1v) is 12.2. The van der Waals surface area contributed by atoms with E-state index in [2.05, 4.69) is 21.8 Å². The Kier molecular flexibility index (Phi) is 5.80. The minimum Gasteiger partial charge on any atom is -0.444 e. The molecule has 0 spiro atoms. The molecule has 0 bridgehead atoms. The highest BCUT2D eigenvalue weighted by Gasteiger charge is 2.33. The van der Waals surface area contributed by atoms with Crippen molar-refractivity contribution in [1.29, 1.82) is 0 Å². The summed E-state index contributed by atoms with van der Waals surface area (Å²) in [5.41, 5.74) is 1.58. The number of hydrogen-bond donors (Lipinski definition) is 0. The van der Waals surface area contributed by atoms with E-state index in [1.807, 2.05) is 16.7 Å². The number of rotatable bonds is 7. The van der Waals surface area contributed by atoms with Crippen LogP contribution in [0.5, 0.6) is 0 Å². The van der Waals surface area contributed by atoms with Gasteiger partial charge in [0, 0.05) is 28.8 Å². The van der Waals surface area contributed by atoms with Crippen LogP contribution in [-0.4, -0.2) is 39.7 Å². The lowest BCUT2D eigenvalue weighted by atomic mass is 10.1. The van der Waals surface area contributed by atoms with Crippen molar-refractivity contribution in [2.24, 2.45) is 0 Å². The van der Waals surface area contributed by atoms with Gasteiger partial charge in [0.25, 0.3) is 0 Å². The Balaban J connectivity index is 1.49. The van der Waals surface area contributed by atoms with Crippen molar-refractivity contribution in [3.05, 3.63) is 59.7 Å². The average molecular weight is 451 g/mol. The van der Waals surface area contributed by atoms with Gasteiger partial charge in [-0.3, -0.25) is 0 Å². The van der Waals surface area contributed by atoms with Crippen molar-refractivity contribution >= 4 is 33.2 Å². The maximum atomic E-state index is 11.8. The molecule has 0 N–H and O–H groups in total. The molecule has 29 heavy (non-hydrogen) atoms. The van der Waals surface area contributed by atoms with Crippen LogP contribution in [0.4, 0.5) is 0 Å². The summed E-state index contributed by atoms with van der Waals surface area (Å²) in [6.07, 6.45) is 3.95. The minimum absolute atomic E-state index is 0.122. The van der Waals surface area contributed by atoms with Gasteiger partial charge in [0.2, 0.25) is 5.89 Å². The molecule has 0 unspecified atom stereocenters. The number of hydrogen-bond acceptors (Lipinski definition) is 7. The first kappa shape index (κ1) is 20.2. The molecule has 4 rings (SSSR count). The average Bonchev–Trinajstić information content (AvgIpc) is 3.39. The smallest absolute Gasteiger partial charge is 0.226 e. The van der Waals surface area contributed by atoms with Crippen LogP contribution in [0.1, 0.15) is 23.9 Å². The third-order valence-electron chi connectivity index (χ3n) is 4.63. The van der Waals surface area contributed by atoms with Crippen molar-refractivity contribution in [3.63, 3.8) is 0 Å². The van der Waals surface area contributed by atoms with Gasteiger partial charge in [-0.2, -0.15) is 0 Å². The zero-order valence-electron chi connectivity index (χ0n) is 15.5. The maximum Gasteiger partial charge on any atom is 0.226 e. The van der Waals surface area contributed by atoms with E-state index >= 15 is 0 Å². The summed E-state index contributed by atoms with van der Waals surface area (Å²) >= 11 is 7.50. The number of nitrogens with zero attached hydrogens (tertiary/aromatic N) is 4. The van der Waals surface area contributed by atoms with Gasteiger partial charge in [-0.05, 0) is 24.6 Å². The summed E-state index contributed by atoms with van der Waals surface area (Å²) in [4.78, 5) is 4.51. The molecular formula is C19H19ClN4O3S2. The molecule has 0 aliphatic carbocycles. The van der Waals surface area contributed by atoms with Crippen molar-refractivity contribution in [3.8, 4) is 11.5 Å². The summed E-state index contributed by atoms with van der Waals surface area (Å²) in [5, 5.41) is 9.88. The summed E-state index contributed by atoms with van der Waals surface area (Å²) in [6.45, 7) is 4.31. The molecule has 0 radical (unpaired) electrons. The lowest BCUT2D eigenvalue weighted by molar-refractivity contribution is 0.573. The van der Waals surface area contributed by atoms with E-state index in [4.69, 9.17) is 16.0 Å². The zero-order chi connectivity index (χ0) is 20.4. The minimum atomic E-state index is -2.99. The number of oxazole rings is 1.